The zero-order chi connectivity index (χ0) is 12.1. The number of aromatic nitrogens is 2. The number of nitrogens with zero attached hydrogens (tertiary/aromatic N) is 2. The minimum atomic E-state index is -0.201. The van der Waals surface area contributed by atoms with Gasteiger partial charge in [0.25, 0.3) is 5.91 Å². The van der Waals surface area contributed by atoms with E-state index >= 15 is 0 Å². The number of carbonyl (C=O) groups excluding carboxylic acids is 1. The summed E-state index contributed by atoms with van der Waals surface area (Å²) >= 11 is 5.59. The van der Waals surface area contributed by atoms with E-state index in [2.05, 4.69) is 21.4 Å². The van der Waals surface area contributed by atoms with Gasteiger partial charge in [0.15, 0.2) is 0 Å². The second-order valence-corrected chi connectivity index (χ2v) is 4.37. The molecule has 1 aromatic rings. The second kappa shape index (κ2) is 5.77. The van der Waals surface area contributed by atoms with Crippen molar-refractivity contribution in [3.05, 3.63) is 34.9 Å². The Balaban J connectivity index is 1.79. The third-order valence-electron chi connectivity index (χ3n) is 2.72. The third kappa shape index (κ3) is 3.53. The van der Waals surface area contributed by atoms with Crippen molar-refractivity contribution in [3.8, 4) is 0 Å². The average molecular weight is 252 g/mol. The fourth-order valence-corrected chi connectivity index (χ4v) is 1.92. The van der Waals surface area contributed by atoms with E-state index in [4.69, 9.17) is 11.6 Å². The molecule has 5 heteroatoms. The molecule has 2 rings (SSSR count). The van der Waals surface area contributed by atoms with E-state index < -0.39 is 0 Å². The lowest BCUT2D eigenvalue weighted by Gasteiger charge is -2.04. The van der Waals surface area contributed by atoms with Crippen LogP contribution in [0.3, 0.4) is 0 Å². The number of rotatable bonds is 4. The van der Waals surface area contributed by atoms with Gasteiger partial charge in [0.05, 0.1) is 12.4 Å². The first kappa shape index (κ1) is 12.0. The molecule has 1 amide bonds. The van der Waals surface area contributed by atoms with Crippen molar-refractivity contribution in [2.45, 2.75) is 25.7 Å². The summed E-state index contributed by atoms with van der Waals surface area (Å²) in [5.74, 6) is -0.201. The van der Waals surface area contributed by atoms with Gasteiger partial charge in [0, 0.05) is 6.54 Å². The minimum Gasteiger partial charge on any atom is -0.350 e. The largest absolute Gasteiger partial charge is 0.350 e. The molecule has 1 N–H and O–H groups in total. The molecule has 1 aliphatic carbocycles. The van der Waals surface area contributed by atoms with Crippen LogP contribution in [0.25, 0.3) is 0 Å². The number of halogens is 1. The van der Waals surface area contributed by atoms with Gasteiger partial charge in [-0.3, -0.25) is 4.79 Å². The summed E-state index contributed by atoms with van der Waals surface area (Å²) in [4.78, 5) is 19.4. The number of hydrogen-bond acceptors (Lipinski definition) is 3. The first-order valence-corrected chi connectivity index (χ1v) is 6.07. The summed E-state index contributed by atoms with van der Waals surface area (Å²) in [6.07, 6.45) is 9.51. The number of amides is 1. The lowest BCUT2D eigenvalue weighted by atomic mass is 10.2. The Hall–Kier alpha value is -1.42. The van der Waals surface area contributed by atoms with Gasteiger partial charge in [0.2, 0.25) is 0 Å². The van der Waals surface area contributed by atoms with E-state index in [9.17, 15) is 4.79 Å². The zero-order valence-corrected chi connectivity index (χ0v) is 10.2. The van der Waals surface area contributed by atoms with Gasteiger partial charge in [-0.15, -0.1) is 0 Å². The molecule has 90 valence electrons. The van der Waals surface area contributed by atoms with Gasteiger partial charge < -0.3 is 5.32 Å². The summed E-state index contributed by atoms with van der Waals surface area (Å²) in [6, 6.07) is 0. The van der Waals surface area contributed by atoms with Crippen LogP contribution in [-0.2, 0) is 0 Å². The summed E-state index contributed by atoms with van der Waals surface area (Å²) < 4.78 is 0. The summed E-state index contributed by atoms with van der Waals surface area (Å²) in [7, 11) is 0. The second-order valence-electron chi connectivity index (χ2n) is 3.98. The standard InChI is InChI=1S/C12H14ClN3O/c13-11-8-15-10(7-16-11)12(17)14-6-5-9-3-1-2-4-9/h3,7-8H,1-2,4-6H2,(H,14,17). The van der Waals surface area contributed by atoms with E-state index in [1.54, 1.807) is 0 Å². The molecule has 0 atom stereocenters. The zero-order valence-electron chi connectivity index (χ0n) is 9.45. The third-order valence-corrected chi connectivity index (χ3v) is 2.91. The molecule has 17 heavy (non-hydrogen) atoms. The number of hydrogen-bond donors (Lipinski definition) is 1. The first-order chi connectivity index (χ1) is 8.25. The summed E-state index contributed by atoms with van der Waals surface area (Å²) in [5, 5.41) is 3.11. The fraction of sp³-hybridized carbons (Fsp3) is 0.417. The Labute approximate surface area is 105 Å². The maximum absolute atomic E-state index is 11.7. The lowest BCUT2D eigenvalue weighted by Crippen LogP contribution is -2.25. The number of allylic oxidation sites excluding steroid dienone is 1. The van der Waals surface area contributed by atoms with Crippen molar-refractivity contribution in [3.63, 3.8) is 0 Å². The van der Waals surface area contributed by atoms with Gasteiger partial charge in [-0.05, 0) is 25.7 Å². The predicted molar refractivity (Wildman–Crippen MR) is 65.9 cm³/mol. The molecule has 0 saturated heterocycles. The summed E-state index contributed by atoms with van der Waals surface area (Å²) in [5.41, 5.74) is 1.74. The molecule has 1 aliphatic rings. The molecule has 0 spiro atoms. The highest BCUT2D eigenvalue weighted by Crippen LogP contribution is 2.19. The van der Waals surface area contributed by atoms with E-state index in [1.165, 1.54) is 30.8 Å². The first-order valence-electron chi connectivity index (χ1n) is 5.69. The Morgan fingerprint density at radius 2 is 2.29 bits per heavy atom. The molecule has 0 aromatic carbocycles. The minimum absolute atomic E-state index is 0.201. The highest BCUT2D eigenvalue weighted by molar-refractivity contribution is 6.29. The van der Waals surface area contributed by atoms with Crippen LogP contribution in [0.2, 0.25) is 5.15 Å². The van der Waals surface area contributed by atoms with E-state index in [0.717, 1.165) is 12.8 Å². The van der Waals surface area contributed by atoms with Crippen LogP contribution in [0.5, 0.6) is 0 Å². The molecular formula is C12H14ClN3O. The highest BCUT2D eigenvalue weighted by Gasteiger charge is 2.08. The molecule has 0 saturated carbocycles. The van der Waals surface area contributed by atoms with Gasteiger partial charge >= 0.3 is 0 Å². The molecule has 0 radical (unpaired) electrons. The van der Waals surface area contributed by atoms with Crippen molar-refractivity contribution in [1.82, 2.24) is 15.3 Å². The molecule has 0 unspecified atom stereocenters. The SMILES string of the molecule is O=C(NCCC1=CCCC1)c1cnc(Cl)cn1. The van der Waals surface area contributed by atoms with Gasteiger partial charge in [-0.25, -0.2) is 9.97 Å². The van der Waals surface area contributed by atoms with Crippen molar-refractivity contribution in [2.24, 2.45) is 0 Å². The van der Waals surface area contributed by atoms with Gasteiger partial charge in [0.1, 0.15) is 10.8 Å². The average Bonchev–Trinajstić information content (AvgIpc) is 2.83. The highest BCUT2D eigenvalue weighted by atomic mass is 35.5. The molecule has 0 aliphatic heterocycles. The number of nitrogens with one attached hydrogen (secondary N) is 1. The molecule has 4 nitrogen and oxygen atoms in total. The van der Waals surface area contributed by atoms with E-state index in [1.807, 2.05) is 0 Å². The van der Waals surface area contributed by atoms with Crippen LogP contribution in [0, 0.1) is 0 Å². The fourth-order valence-electron chi connectivity index (χ4n) is 1.82. The monoisotopic (exact) mass is 251 g/mol. The molecular weight excluding hydrogens is 238 g/mol. The Bertz CT molecular complexity index is 428. The van der Waals surface area contributed by atoms with Crippen molar-refractivity contribution >= 4 is 17.5 Å². The van der Waals surface area contributed by atoms with Crippen LogP contribution < -0.4 is 5.32 Å². The smallest absolute Gasteiger partial charge is 0.271 e. The van der Waals surface area contributed by atoms with Crippen LogP contribution in [-0.4, -0.2) is 22.4 Å². The van der Waals surface area contributed by atoms with E-state index in [0.29, 0.717) is 12.2 Å². The number of carbonyl (C=O) groups is 1. The Morgan fingerprint density at radius 3 is 2.94 bits per heavy atom. The molecule has 1 aromatic heterocycles. The van der Waals surface area contributed by atoms with E-state index in [-0.39, 0.29) is 11.1 Å². The lowest BCUT2D eigenvalue weighted by molar-refractivity contribution is 0.0948. The van der Waals surface area contributed by atoms with Crippen LogP contribution in [0.4, 0.5) is 0 Å². The predicted octanol–water partition coefficient (Wildman–Crippen LogP) is 2.36. The maximum atomic E-state index is 11.7. The topological polar surface area (TPSA) is 54.9 Å². The van der Waals surface area contributed by atoms with Gasteiger partial charge in [-0.1, -0.05) is 23.3 Å². The summed E-state index contributed by atoms with van der Waals surface area (Å²) in [6.45, 7) is 0.648. The maximum Gasteiger partial charge on any atom is 0.271 e. The molecule has 0 fully saturated rings. The Kier molecular flexibility index (Phi) is 4.09. The molecule has 0 bridgehead atoms. The normalized spacial score (nSPS) is 14.5. The molecule has 1 heterocycles. The van der Waals surface area contributed by atoms with Gasteiger partial charge in [-0.2, -0.15) is 0 Å². The quantitative estimate of drug-likeness (QED) is 0.836. The van der Waals surface area contributed by atoms with Crippen molar-refractivity contribution in [1.29, 1.82) is 0 Å². The van der Waals surface area contributed by atoms with Crippen molar-refractivity contribution < 1.29 is 4.79 Å². The van der Waals surface area contributed by atoms with Crippen molar-refractivity contribution in [2.75, 3.05) is 6.54 Å². The van der Waals surface area contributed by atoms with Crippen LogP contribution >= 0.6 is 11.6 Å². The van der Waals surface area contributed by atoms with Crippen LogP contribution in [0.1, 0.15) is 36.2 Å². The Morgan fingerprint density at radius 1 is 1.41 bits per heavy atom. The van der Waals surface area contributed by atoms with Crippen LogP contribution in [0.15, 0.2) is 24.0 Å².